The van der Waals surface area contributed by atoms with Crippen LogP contribution in [0, 0.1) is 0 Å². The topological polar surface area (TPSA) is 115 Å². The summed E-state index contributed by atoms with van der Waals surface area (Å²) in [6, 6.07) is 13.5. The third-order valence-corrected chi connectivity index (χ3v) is 8.97. The van der Waals surface area contributed by atoms with Crippen molar-refractivity contribution >= 4 is 48.7 Å². The van der Waals surface area contributed by atoms with Crippen molar-refractivity contribution in [2.75, 3.05) is 37.4 Å². The maximum atomic E-state index is 13.1. The van der Waals surface area contributed by atoms with Gasteiger partial charge in [0, 0.05) is 35.2 Å². The van der Waals surface area contributed by atoms with Crippen molar-refractivity contribution in [1.82, 2.24) is 8.87 Å². The minimum atomic E-state index is -3.70. The molecule has 2 heterocycles. The van der Waals surface area contributed by atoms with Crippen molar-refractivity contribution in [3.8, 4) is 0 Å². The molecule has 11 heteroatoms. The number of benzene rings is 2. The van der Waals surface area contributed by atoms with Crippen LogP contribution in [0.3, 0.4) is 0 Å². The average Bonchev–Trinajstić information content (AvgIpc) is 3.47. The Bertz CT molecular complexity index is 1680. The Morgan fingerprint density at radius 3 is 2.34 bits per heavy atom. The highest BCUT2D eigenvalue weighted by Gasteiger charge is 2.32. The van der Waals surface area contributed by atoms with Crippen molar-refractivity contribution in [3.63, 3.8) is 0 Å². The zero-order chi connectivity index (χ0) is 30.2. The zero-order valence-electron chi connectivity index (χ0n) is 24.5. The van der Waals surface area contributed by atoms with Crippen molar-refractivity contribution in [1.29, 1.82) is 0 Å². The number of nitrogens with zero attached hydrogens (tertiary/aromatic N) is 2. The molecule has 0 amide bonds. The largest absolute Gasteiger partial charge is 0.466 e. The van der Waals surface area contributed by atoms with Crippen molar-refractivity contribution in [2.24, 2.45) is 0 Å². The van der Waals surface area contributed by atoms with Gasteiger partial charge in [0.1, 0.15) is 0 Å². The SMILES string of the molecule is COC(=O)C=Cc1ccc(C2CCCN2CCc2c(C(C)(C)C)n(S(C)(=O)=O)c3cc(NS(C)(=O)=O)ccc23)cc1. The predicted molar refractivity (Wildman–Crippen MR) is 164 cm³/mol. The summed E-state index contributed by atoms with van der Waals surface area (Å²) >= 11 is 0. The second-order valence-corrected chi connectivity index (χ2v) is 15.3. The molecule has 0 saturated carbocycles. The second kappa shape index (κ2) is 11.6. The Kier molecular flexibility index (Phi) is 8.73. The molecule has 1 saturated heterocycles. The summed E-state index contributed by atoms with van der Waals surface area (Å²) in [4.78, 5) is 13.9. The van der Waals surface area contributed by atoms with Gasteiger partial charge in [-0.05, 0) is 60.7 Å². The van der Waals surface area contributed by atoms with E-state index in [1.54, 1.807) is 18.2 Å². The lowest BCUT2D eigenvalue weighted by Crippen LogP contribution is -2.28. The number of carbonyl (C=O) groups is 1. The Morgan fingerprint density at radius 2 is 1.76 bits per heavy atom. The van der Waals surface area contributed by atoms with E-state index in [0.29, 0.717) is 23.3 Å². The number of anilines is 1. The molecule has 0 radical (unpaired) electrons. The van der Waals surface area contributed by atoms with Gasteiger partial charge in [-0.15, -0.1) is 0 Å². The van der Waals surface area contributed by atoms with E-state index in [2.05, 4.69) is 26.5 Å². The van der Waals surface area contributed by atoms with Gasteiger partial charge < -0.3 is 4.74 Å². The Balaban J connectivity index is 1.68. The first-order valence-corrected chi connectivity index (χ1v) is 17.3. The molecule has 41 heavy (non-hydrogen) atoms. The fourth-order valence-electron chi connectivity index (χ4n) is 5.75. The normalized spacial score (nSPS) is 17.0. The van der Waals surface area contributed by atoms with Gasteiger partial charge in [-0.2, -0.15) is 0 Å². The third-order valence-electron chi connectivity index (χ3n) is 7.32. The van der Waals surface area contributed by atoms with Gasteiger partial charge in [-0.3, -0.25) is 9.62 Å². The number of hydrogen-bond donors (Lipinski definition) is 1. The molecule has 1 aliphatic rings. The van der Waals surface area contributed by atoms with Gasteiger partial charge in [0.15, 0.2) is 0 Å². The first-order chi connectivity index (χ1) is 19.1. The van der Waals surface area contributed by atoms with Gasteiger partial charge in [0.2, 0.25) is 20.0 Å². The summed E-state index contributed by atoms with van der Waals surface area (Å²) in [5.74, 6) is -0.397. The van der Waals surface area contributed by atoms with Crippen LogP contribution >= 0.6 is 0 Å². The maximum absolute atomic E-state index is 13.1. The molecule has 2 aromatic carbocycles. The van der Waals surface area contributed by atoms with Crippen LogP contribution in [0.2, 0.25) is 0 Å². The van der Waals surface area contributed by atoms with Crippen LogP contribution in [0.1, 0.15) is 62.0 Å². The molecule has 222 valence electrons. The molecule has 3 aromatic rings. The van der Waals surface area contributed by atoms with Crippen molar-refractivity contribution in [2.45, 2.75) is 51.5 Å². The lowest BCUT2D eigenvalue weighted by atomic mass is 9.88. The highest BCUT2D eigenvalue weighted by molar-refractivity contribution is 7.92. The fraction of sp³-hybridized carbons (Fsp3) is 0.433. The van der Waals surface area contributed by atoms with Crippen LogP contribution in [-0.4, -0.2) is 64.4 Å². The molecule has 0 aliphatic carbocycles. The van der Waals surface area contributed by atoms with E-state index in [-0.39, 0.29) is 6.04 Å². The molecule has 1 aliphatic heterocycles. The molecule has 1 unspecified atom stereocenters. The number of nitrogens with one attached hydrogen (secondary N) is 1. The number of likely N-dealkylation sites (tertiary alicyclic amines) is 1. The summed E-state index contributed by atoms with van der Waals surface area (Å²) in [6.07, 6.45) is 8.10. The smallest absolute Gasteiger partial charge is 0.330 e. The Labute approximate surface area is 243 Å². The summed E-state index contributed by atoms with van der Waals surface area (Å²) < 4.78 is 58.5. The Hall–Kier alpha value is -3.15. The van der Waals surface area contributed by atoms with Gasteiger partial charge in [-0.1, -0.05) is 51.1 Å². The molecule has 0 bridgehead atoms. The van der Waals surface area contributed by atoms with E-state index >= 15 is 0 Å². The van der Waals surface area contributed by atoms with Crippen LogP contribution in [0.25, 0.3) is 17.0 Å². The van der Waals surface area contributed by atoms with Crippen molar-refractivity contribution < 1.29 is 26.4 Å². The number of fused-ring (bicyclic) bond motifs is 1. The molecular formula is C30H39N3O6S2. The molecule has 0 spiro atoms. The number of rotatable bonds is 9. The van der Waals surface area contributed by atoms with E-state index < -0.39 is 31.4 Å². The molecule has 1 N–H and O–H groups in total. The van der Waals surface area contributed by atoms with Crippen LogP contribution in [0.5, 0.6) is 0 Å². The van der Waals surface area contributed by atoms with E-state index in [1.807, 2.05) is 39.0 Å². The minimum Gasteiger partial charge on any atom is -0.466 e. The van der Waals surface area contributed by atoms with E-state index in [1.165, 1.54) is 29.0 Å². The van der Waals surface area contributed by atoms with E-state index in [9.17, 15) is 21.6 Å². The number of hydrogen-bond acceptors (Lipinski definition) is 7. The first-order valence-electron chi connectivity index (χ1n) is 13.5. The zero-order valence-corrected chi connectivity index (χ0v) is 26.1. The highest BCUT2D eigenvalue weighted by atomic mass is 32.2. The molecule has 1 aromatic heterocycles. The molecule has 9 nitrogen and oxygen atoms in total. The molecule has 1 atom stereocenters. The molecule has 4 rings (SSSR count). The van der Waals surface area contributed by atoms with Gasteiger partial charge in [0.05, 0.1) is 30.8 Å². The molecule has 1 fully saturated rings. The second-order valence-electron chi connectivity index (χ2n) is 11.7. The van der Waals surface area contributed by atoms with Crippen molar-refractivity contribution in [3.05, 3.63) is 70.9 Å². The average molecular weight is 602 g/mol. The predicted octanol–water partition coefficient (Wildman–Crippen LogP) is 4.68. The minimum absolute atomic E-state index is 0.237. The van der Waals surface area contributed by atoms with E-state index in [4.69, 9.17) is 0 Å². The van der Waals surface area contributed by atoms with Crippen LogP contribution in [-0.2, 0) is 41.4 Å². The summed E-state index contributed by atoms with van der Waals surface area (Å²) in [5, 5.41) is 0.803. The summed E-state index contributed by atoms with van der Waals surface area (Å²) in [7, 11) is -5.88. The third kappa shape index (κ3) is 7.20. The number of methoxy groups -OCH3 is 1. The maximum Gasteiger partial charge on any atom is 0.330 e. The number of esters is 1. The lowest BCUT2D eigenvalue weighted by molar-refractivity contribution is -0.134. The van der Waals surface area contributed by atoms with Crippen LogP contribution in [0.4, 0.5) is 5.69 Å². The number of sulfonamides is 1. The lowest BCUT2D eigenvalue weighted by Gasteiger charge is -2.27. The standard InChI is InChI=1S/C30H39N3O6S2/c1-30(2,3)29-25(24-15-14-23(31-40(5,35)36)20-27(24)33(29)41(6,37)38)17-19-32-18-7-8-26(32)22-12-9-21(10-13-22)11-16-28(34)39-4/h9-16,20,26,31H,7-8,17-19H2,1-6H3. The fourth-order valence-corrected chi connectivity index (χ4v) is 7.53. The first kappa shape index (κ1) is 30.8. The number of aromatic nitrogens is 1. The van der Waals surface area contributed by atoms with E-state index in [0.717, 1.165) is 48.7 Å². The quantitative estimate of drug-likeness (QED) is 0.280. The van der Waals surface area contributed by atoms with Gasteiger partial charge in [-0.25, -0.2) is 25.6 Å². The van der Waals surface area contributed by atoms with Gasteiger partial charge in [0.25, 0.3) is 0 Å². The summed E-state index contributed by atoms with van der Waals surface area (Å²) in [6.45, 7) is 7.67. The monoisotopic (exact) mass is 601 g/mol. The van der Waals surface area contributed by atoms with Crippen LogP contribution < -0.4 is 4.72 Å². The van der Waals surface area contributed by atoms with Gasteiger partial charge >= 0.3 is 5.97 Å². The number of carbonyl (C=O) groups excluding carboxylic acids is 1. The number of ether oxygens (including phenoxy) is 1. The molecular weight excluding hydrogens is 562 g/mol. The summed E-state index contributed by atoms with van der Waals surface area (Å²) in [5.41, 5.74) is 4.08. The highest BCUT2D eigenvalue weighted by Crippen LogP contribution is 2.39. The van der Waals surface area contributed by atoms with Crippen LogP contribution in [0.15, 0.2) is 48.5 Å². The Morgan fingerprint density at radius 1 is 1.07 bits per heavy atom.